The van der Waals surface area contributed by atoms with Crippen molar-refractivity contribution in [2.45, 2.75) is 26.2 Å². The molecule has 2 N–H and O–H groups in total. The quantitative estimate of drug-likeness (QED) is 0.847. The van der Waals surface area contributed by atoms with Gasteiger partial charge in [-0.05, 0) is 31.4 Å². The summed E-state index contributed by atoms with van der Waals surface area (Å²) in [4.78, 5) is 12.2. The monoisotopic (exact) mass is 241 g/mol. The Labute approximate surface area is 105 Å². The predicted molar refractivity (Wildman–Crippen MR) is 69.6 cm³/mol. The van der Waals surface area contributed by atoms with Gasteiger partial charge in [-0.1, -0.05) is 24.3 Å². The molecule has 92 valence electrons. The minimum atomic E-state index is -0.0300. The number of aromatic amines is 1. The number of hydrogen-bond donors (Lipinski definition) is 2. The largest absolute Gasteiger partial charge is 0.308 e. The lowest BCUT2D eigenvalue weighted by Gasteiger charge is -2.28. The lowest BCUT2D eigenvalue weighted by atomic mass is 9.77. The fraction of sp³-hybridized carbons (Fsp3) is 0.286. The highest BCUT2D eigenvalue weighted by molar-refractivity contribution is 5.97. The van der Waals surface area contributed by atoms with Crippen LogP contribution in [-0.4, -0.2) is 16.1 Å². The van der Waals surface area contributed by atoms with Crippen molar-refractivity contribution in [3.63, 3.8) is 0 Å². The SMILES string of the molecule is Cc1[nH]nc(NC(=O)C2Cc3ccccc32)c1C. The van der Waals surface area contributed by atoms with Crippen LogP contribution in [0.4, 0.5) is 5.82 Å². The summed E-state index contributed by atoms with van der Waals surface area (Å²) in [5.74, 6) is 0.641. The van der Waals surface area contributed by atoms with Gasteiger partial charge in [-0.25, -0.2) is 0 Å². The van der Waals surface area contributed by atoms with Crippen LogP contribution in [0.25, 0.3) is 0 Å². The third kappa shape index (κ3) is 1.61. The van der Waals surface area contributed by atoms with Crippen molar-refractivity contribution >= 4 is 11.7 Å². The highest BCUT2D eigenvalue weighted by atomic mass is 16.2. The van der Waals surface area contributed by atoms with E-state index < -0.39 is 0 Å². The lowest BCUT2D eigenvalue weighted by molar-refractivity contribution is -0.118. The molecule has 0 bridgehead atoms. The number of hydrogen-bond acceptors (Lipinski definition) is 2. The number of nitrogens with one attached hydrogen (secondary N) is 2. The zero-order chi connectivity index (χ0) is 12.7. The number of carbonyl (C=O) groups excluding carboxylic acids is 1. The number of nitrogens with zero attached hydrogens (tertiary/aromatic N) is 1. The molecule has 1 heterocycles. The maximum Gasteiger partial charge on any atom is 0.233 e. The number of carbonyl (C=O) groups is 1. The first-order valence-corrected chi connectivity index (χ1v) is 6.07. The third-order valence-corrected chi connectivity index (χ3v) is 3.67. The second-order valence-electron chi connectivity index (χ2n) is 4.77. The summed E-state index contributed by atoms with van der Waals surface area (Å²) in [5.41, 5.74) is 4.39. The summed E-state index contributed by atoms with van der Waals surface area (Å²) >= 11 is 0. The standard InChI is InChI=1S/C14H15N3O/c1-8-9(2)16-17-13(8)15-14(18)12-7-10-5-3-4-6-11(10)12/h3-6,12H,7H2,1-2H3,(H2,15,16,17,18). The van der Waals surface area contributed by atoms with Gasteiger partial charge < -0.3 is 5.32 Å². The smallest absolute Gasteiger partial charge is 0.233 e. The minimum absolute atomic E-state index is 0.0300. The molecule has 2 aromatic rings. The molecule has 4 heteroatoms. The van der Waals surface area contributed by atoms with Gasteiger partial charge in [-0.3, -0.25) is 9.89 Å². The number of aromatic nitrogens is 2. The highest BCUT2D eigenvalue weighted by Crippen LogP contribution is 2.35. The van der Waals surface area contributed by atoms with Gasteiger partial charge in [0.05, 0.1) is 5.92 Å². The van der Waals surface area contributed by atoms with Crippen LogP contribution in [0.15, 0.2) is 24.3 Å². The van der Waals surface area contributed by atoms with Crippen molar-refractivity contribution in [3.8, 4) is 0 Å². The zero-order valence-electron chi connectivity index (χ0n) is 10.4. The lowest BCUT2D eigenvalue weighted by Crippen LogP contribution is -2.30. The third-order valence-electron chi connectivity index (χ3n) is 3.67. The maximum absolute atomic E-state index is 12.2. The van der Waals surface area contributed by atoms with Crippen molar-refractivity contribution in [1.29, 1.82) is 0 Å². The van der Waals surface area contributed by atoms with E-state index in [2.05, 4.69) is 21.6 Å². The van der Waals surface area contributed by atoms with E-state index in [0.29, 0.717) is 5.82 Å². The van der Waals surface area contributed by atoms with Gasteiger partial charge in [0.15, 0.2) is 5.82 Å². The second-order valence-corrected chi connectivity index (χ2v) is 4.77. The van der Waals surface area contributed by atoms with Crippen molar-refractivity contribution in [2.75, 3.05) is 5.32 Å². The van der Waals surface area contributed by atoms with E-state index in [1.165, 1.54) is 5.56 Å². The Balaban J connectivity index is 1.77. The predicted octanol–water partition coefficient (Wildman–Crippen LogP) is 2.30. The molecule has 0 aliphatic heterocycles. The molecular formula is C14H15N3O. The molecule has 3 rings (SSSR count). The Hall–Kier alpha value is -2.10. The number of anilines is 1. The van der Waals surface area contributed by atoms with Crippen molar-refractivity contribution < 1.29 is 4.79 Å². The zero-order valence-corrected chi connectivity index (χ0v) is 10.4. The molecule has 1 aromatic carbocycles. The van der Waals surface area contributed by atoms with Gasteiger partial charge in [0, 0.05) is 11.3 Å². The van der Waals surface area contributed by atoms with Crippen LogP contribution < -0.4 is 5.32 Å². The molecule has 1 amide bonds. The number of fused-ring (bicyclic) bond motifs is 1. The molecule has 18 heavy (non-hydrogen) atoms. The average Bonchev–Trinajstić information content (AvgIpc) is 2.63. The summed E-state index contributed by atoms with van der Waals surface area (Å²) in [6.07, 6.45) is 0.824. The highest BCUT2D eigenvalue weighted by Gasteiger charge is 2.32. The molecule has 1 atom stereocenters. The molecule has 0 radical (unpaired) electrons. The van der Waals surface area contributed by atoms with Crippen molar-refractivity contribution in [2.24, 2.45) is 0 Å². The van der Waals surface area contributed by atoms with Gasteiger partial charge in [-0.2, -0.15) is 5.10 Å². The number of H-pyrrole nitrogens is 1. The van der Waals surface area contributed by atoms with E-state index in [9.17, 15) is 4.79 Å². The van der Waals surface area contributed by atoms with Crippen LogP contribution in [0.1, 0.15) is 28.3 Å². The molecule has 1 unspecified atom stereocenters. The Morgan fingerprint density at radius 3 is 2.83 bits per heavy atom. The molecule has 0 saturated heterocycles. The van der Waals surface area contributed by atoms with Crippen molar-refractivity contribution in [1.82, 2.24) is 10.2 Å². The summed E-state index contributed by atoms with van der Waals surface area (Å²) in [6.45, 7) is 3.89. The molecule has 1 aliphatic rings. The van der Waals surface area contributed by atoms with E-state index in [1.54, 1.807) is 0 Å². The Morgan fingerprint density at radius 2 is 2.17 bits per heavy atom. The summed E-state index contributed by atoms with van der Waals surface area (Å²) in [7, 11) is 0. The van der Waals surface area contributed by atoms with Gasteiger partial charge in [0.1, 0.15) is 0 Å². The van der Waals surface area contributed by atoms with E-state index >= 15 is 0 Å². The van der Waals surface area contributed by atoms with Crippen LogP contribution in [0.2, 0.25) is 0 Å². The Kier molecular flexibility index (Phi) is 2.44. The fourth-order valence-electron chi connectivity index (χ4n) is 2.30. The first-order chi connectivity index (χ1) is 8.66. The molecule has 1 aromatic heterocycles. The van der Waals surface area contributed by atoms with Crippen LogP contribution in [0.3, 0.4) is 0 Å². The summed E-state index contributed by atoms with van der Waals surface area (Å²) < 4.78 is 0. The minimum Gasteiger partial charge on any atom is -0.308 e. The van der Waals surface area contributed by atoms with Crippen LogP contribution in [-0.2, 0) is 11.2 Å². The number of aryl methyl sites for hydroxylation is 1. The maximum atomic E-state index is 12.2. The Bertz CT molecular complexity index is 615. The van der Waals surface area contributed by atoms with Gasteiger partial charge in [0.25, 0.3) is 0 Å². The normalized spacial score (nSPS) is 16.9. The fourth-order valence-corrected chi connectivity index (χ4v) is 2.30. The van der Waals surface area contributed by atoms with Gasteiger partial charge >= 0.3 is 0 Å². The number of rotatable bonds is 2. The average molecular weight is 241 g/mol. The molecule has 0 fully saturated rings. The van der Waals surface area contributed by atoms with Crippen LogP contribution in [0, 0.1) is 13.8 Å². The Morgan fingerprint density at radius 1 is 1.39 bits per heavy atom. The molecule has 0 spiro atoms. The van der Waals surface area contributed by atoms with Gasteiger partial charge in [0.2, 0.25) is 5.91 Å². The summed E-state index contributed by atoms with van der Waals surface area (Å²) in [6, 6.07) is 8.07. The van der Waals surface area contributed by atoms with E-state index in [-0.39, 0.29) is 11.8 Å². The molecular weight excluding hydrogens is 226 g/mol. The van der Waals surface area contributed by atoms with Crippen LogP contribution >= 0.6 is 0 Å². The molecule has 4 nitrogen and oxygen atoms in total. The topological polar surface area (TPSA) is 57.8 Å². The van der Waals surface area contributed by atoms with Crippen LogP contribution in [0.5, 0.6) is 0 Å². The first-order valence-electron chi connectivity index (χ1n) is 6.07. The molecule has 0 saturated carbocycles. The number of benzene rings is 1. The van der Waals surface area contributed by atoms with E-state index in [1.807, 2.05) is 32.0 Å². The van der Waals surface area contributed by atoms with E-state index in [4.69, 9.17) is 0 Å². The number of amides is 1. The van der Waals surface area contributed by atoms with Crippen molar-refractivity contribution in [3.05, 3.63) is 46.6 Å². The van der Waals surface area contributed by atoms with E-state index in [0.717, 1.165) is 23.2 Å². The first kappa shape index (κ1) is 11.0. The van der Waals surface area contributed by atoms with Gasteiger partial charge in [-0.15, -0.1) is 0 Å². The second kappa shape index (κ2) is 3.98. The summed E-state index contributed by atoms with van der Waals surface area (Å²) in [5, 5.41) is 9.86. The molecule has 1 aliphatic carbocycles.